The Balaban J connectivity index is 2.12. The van der Waals surface area contributed by atoms with Crippen LogP contribution in [0.3, 0.4) is 0 Å². The summed E-state index contributed by atoms with van der Waals surface area (Å²) in [5.41, 5.74) is 6.71. The van der Waals surface area contributed by atoms with Crippen LogP contribution < -0.4 is 5.73 Å². The second-order valence-electron chi connectivity index (χ2n) is 4.61. The van der Waals surface area contributed by atoms with E-state index in [1.165, 1.54) is 0 Å². The summed E-state index contributed by atoms with van der Waals surface area (Å²) in [6.07, 6.45) is 0. The lowest BCUT2D eigenvalue weighted by atomic mass is 9.99. The lowest BCUT2D eigenvalue weighted by Gasteiger charge is -2.23. The van der Waals surface area contributed by atoms with Crippen LogP contribution in [0, 0.1) is 0 Å². The summed E-state index contributed by atoms with van der Waals surface area (Å²) in [5.74, 6) is 0.553. The fourth-order valence-electron chi connectivity index (χ4n) is 1.73. The molecule has 0 saturated heterocycles. The van der Waals surface area contributed by atoms with E-state index in [1.807, 2.05) is 55.5 Å². The Labute approximate surface area is 126 Å². The Bertz CT molecular complexity index is 557. The van der Waals surface area contributed by atoms with Gasteiger partial charge in [0, 0.05) is 20.8 Å². The number of halogens is 1. The van der Waals surface area contributed by atoms with Crippen molar-refractivity contribution in [1.29, 1.82) is 0 Å². The van der Waals surface area contributed by atoms with E-state index in [4.69, 9.17) is 5.73 Å². The first-order valence-electron chi connectivity index (χ1n) is 5.95. The van der Waals surface area contributed by atoms with Gasteiger partial charge in [0.2, 0.25) is 0 Å². The third kappa shape index (κ3) is 3.75. The highest BCUT2D eigenvalue weighted by atomic mass is 79.9. The zero-order chi connectivity index (χ0) is 13.9. The molecule has 0 fully saturated rings. The molecule has 0 amide bonds. The molecule has 2 aromatic rings. The molecule has 0 aromatic heterocycles. The Morgan fingerprint density at radius 2 is 1.89 bits per heavy atom. The number of anilines is 1. The summed E-state index contributed by atoms with van der Waals surface area (Å²) < 4.78 is 0.989. The smallest absolute Gasteiger partial charge is 0.0962 e. The lowest BCUT2D eigenvalue weighted by molar-refractivity contribution is 0.0839. The molecule has 2 aromatic carbocycles. The maximum atomic E-state index is 10.5. The highest BCUT2D eigenvalue weighted by Gasteiger charge is 2.23. The standard InChI is InChI=1S/C15H16BrNOS/c1-15(18,11-5-3-2-4-6-11)10-19-14-9-12(16)7-8-13(14)17/h2-9,18H,10,17H2,1H3. The third-order valence-corrected chi connectivity index (χ3v) is 4.74. The van der Waals surface area contributed by atoms with E-state index in [1.54, 1.807) is 11.8 Å². The van der Waals surface area contributed by atoms with Crippen LogP contribution in [0.15, 0.2) is 57.9 Å². The predicted octanol–water partition coefficient (Wildman–Crippen LogP) is 4.03. The minimum Gasteiger partial charge on any atom is -0.398 e. The molecular weight excluding hydrogens is 322 g/mol. The summed E-state index contributed by atoms with van der Waals surface area (Å²) >= 11 is 4.99. The summed E-state index contributed by atoms with van der Waals surface area (Å²) in [7, 11) is 0. The second-order valence-corrected chi connectivity index (χ2v) is 6.54. The molecule has 2 nitrogen and oxygen atoms in total. The number of aliphatic hydroxyl groups is 1. The van der Waals surface area contributed by atoms with Crippen LogP contribution in [0.5, 0.6) is 0 Å². The average Bonchev–Trinajstić information content (AvgIpc) is 2.41. The van der Waals surface area contributed by atoms with Crippen LogP contribution >= 0.6 is 27.7 Å². The molecule has 0 saturated carbocycles. The maximum Gasteiger partial charge on any atom is 0.0962 e. The van der Waals surface area contributed by atoms with Crippen LogP contribution in [0.1, 0.15) is 12.5 Å². The van der Waals surface area contributed by atoms with Gasteiger partial charge in [-0.15, -0.1) is 11.8 Å². The minimum atomic E-state index is -0.874. The van der Waals surface area contributed by atoms with Gasteiger partial charge in [0.25, 0.3) is 0 Å². The van der Waals surface area contributed by atoms with E-state index in [0.29, 0.717) is 5.75 Å². The van der Waals surface area contributed by atoms with Crippen molar-refractivity contribution in [2.24, 2.45) is 0 Å². The molecular formula is C15H16BrNOS. The molecule has 0 spiro atoms. The van der Waals surface area contributed by atoms with Crippen LogP contribution in [0.2, 0.25) is 0 Å². The molecule has 0 aliphatic rings. The minimum absolute atomic E-state index is 0.553. The normalized spacial score (nSPS) is 14.1. The van der Waals surface area contributed by atoms with Gasteiger partial charge in [0.1, 0.15) is 0 Å². The van der Waals surface area contributed by atoms with E-state index in [-0.39, 0.29) is 0 Å². The van der Waals surface area contributed by atoms with Gasteiger partial charge in [-0.3, -0.25) is 0 Å². The Kier molecular flexibility index (Phi) is 4.55. The summed E-state index contributed by atoms with van der Waals surface area (Å²) in [4.78, 5) is 0.977. The van der Waals surface area contributed by atoms with Crippen LogP contribution in [-0.2, 0) is 5.60 Å². The molecule has 0 bridgehead atoms. The van der Waals surface area contributed by atoms with Gasteiger partial charge in [-0.2, -0.15) is 0 Å². The van der Waals surface area contributed by atoms with Crippen molar-refractivity contribution in [3.63, 3.8) is 0 Å². The van der Waals surface area contributed by atoms with Crippen LogP contribution in [-0.4, -0.2) is 10.9 Å². The zero-order valence-electron chi connectivity index (χ0n) is 10.6. The molecule has 2 rings (SSSR count). The topological polar surface area (TPSA) is 46.2 Å². The molecule has 0 radical (unpaired) electrons. The number of nitrogen functional groups attached to an aromatic ring is 1. The number of hydrogen-bond acceptors (Lipinski definition) is 3. The van der Waals surface area contributed by atoms with Crippen molar-refractivity contribution in [2.75, 3.05) is 11.5 Å². The van der Waals surface area contributed by atoms with E-state index in [9.17, 15) is 5.11 Å². The van der Waals surface area contributed by atoms with Gasteiger partial charge in [0.15, 0.2) is 0 Å². The van der Waals surface area contributed by atoms with Crippen molar-refractivity contribution >= 4 is 33.4 Å². The number of nitrogens with two attached hydrogens (primary N) is 1. The van der Waals surface area contributed by atoms with Crippen molar-refractivity contribution in [3.05, 3.63) is 58.6 Å². The second kappa shape index (κ2) is 5.99. The van der Waals surface area contributed by atoms with Crippen molar-refractivity contribution < 1.29 is 5.11 Å². The molecule has 0 aliphatic carbocycles. The van der Waals surface area contributed by atoms with Gasteiger partial charge >= 0.3 is 0 Å². The van der Waals surface area contributed by atoms with Gasteiger partial charge in [0.05, 0.1) is 5.60 Å². The number of hydrogen-bond donors (Lipinski definition) is 2. The van der Waals surface area contributed by atoms with Gasteiger partial charge in [-0.1, -0.05) is 46.3 Å². The first-order valence-corrected chi connectivity index (χ1v) is 7.72. The quantitative estimate of drug-likeness (QED) is 0.654. The number of thioether (sulfide) groups is 1. The van der Waals surface area contributed by atoms with E-state index >= 15 is 0 Å². The van der Waals surface area contributed by atoms with Crippen LogP contribution in [0.25, 0.3) is 0 Å². The van der Waals surface area contributed by atoms with E-state index in [0.717, 1.165) is 20.6 Å². The molecule has 4 heteroatoms. The van der Waals surface area contributed by atoms with Crippen LogP contribution in [0.4, 0.5) is 5.69 Å². The van der Waals surface area contributed by atoms with E-state index in [2.05, 4.69) is 15.9 Å². The number of rotatable bonds is 4. The molecule has 1 atom stereocenters. The Morgan fingerprint density at radius 1 is 1.21 bits per heavy atom. The summed E-state index contributed by atoms with van der Waals surface area (Å²) in [6, 6.07) is 15.4. The third-order valence-electron chi connectivity index (χ3n) is 2.88. The van der Waals surface area contributed by atoms with Gasteiger partial charge in [-0.25, -0.2) is 0 Å². The molecule has 0 heterocycles. The Hall–Kier alpha value is -0.970. The van der Waals surface area contributed by atoms with Crippen molar-refractivity contribution in [1.82, 2.24) is 0 Å². The Morgan fingerprint density at radius 3 is 2.58 bits per heavy atom. The molecule has 3 N–H and O–H groups in total. The zero-order valence-corrected chi connectivity index (χ0v) is 13.0. The average molecular weight is 338 g/mol. The monoisotopic (exact) mass is 337 g/mol. The van der Waals surface area contributed by atoms with Gasteiger partial charge in [-0.05, 0) is 30.7 Å². The first-order chi connectivity index (χ1) is 8.99. The molecule has 19 heavy (non-hydrogen) atoms. The van der Waals surface area contributed by atoms with E-state index < -0.39 is 5.60 Å². The largest absolute Gasteiger partial charge is 0.398 e. The highest BCUT2D eigenvalue weighted by Crippen LogP contribution is 2.33. The molecule has 0 aliphatic heterocycles. The SMILES string of the molecule is CC(O)(CSc1cc(Br)ccc1N)c1ccccc1. The van der Waals surface area contributed by atoms with Crippen molar-refractivity contribution in [3.8, 4) is 0 Å². The fourth-order valence-corrected chi connectivity index (χ4v) is 3.29. The molecule has 1 unspecified atom stereocenters. The maximum absolute atomic E-state index is 10.5. The lowest BCUT2D eigenvalue weighted by Crippen LogP contribution is -2.24. The molecule has 100 valence electrons. The predicted molar refractivity (Wildman–Crippen MR) is 85.3 cm³/mol. The summed E-state index contributed by atoms with van der Waals surface area (Å²) in [6.45, 7) is 1.82. The number of benzene rings is 2. The summed E-state index contributed by atoms with van der Waals surface area (Å²) in [5, 5.41) is 10.5. The van der Waals surface area contributed by atoms with Gasteiger partial charge < -0.3 is 10.8 Å². The fraction of sp³-hybridized carbons (Fsp3) is 0.200. The highest BCUT2D eigenvalue weighted by molar-refractivity contribution is 9.10. The van der Waals surface area contributed by atoms with Crippen molar-refractivity contribution in [2.45, 2.75) is 17.4 Å². The first kappa shape index (κ1) is 14.4.